The van der Waals surface area contributed by atoms with E-state index in [0.29, 0.717) is 51.6 Å². The van der Waals surface area contributed by atoms with Gasteiger partial charge in [0.1, 0.15) is 0 Å². The third-order valence-electron chi connectivity index (χ3n) is 10.1. The van der Waals surface area contributed by atoms with Crippen LogP contribution >= 0.6 is 0 Å². The van der Waals surface area contributed by atoms with Crippen LogP contribution in [0.3, 0.4) is 0 Å². The number of hydrogen-bond acceptors (Lipinski definition) is 7. The lowest BCUT2D eigenvalue weighted by atomic mass is 9.89. The lowest BCUT2D eigenvalue weighted by Gasteiger charge is -2.27. The quantitative estimate of drug-likeness (QED) is 0.0623. The molecule has 4 atom stereocenters. The largest absolute Gasteiger partial charge is 0.370 e. The zero-order chi connectivity index (χ0) is 38.3. The molecule has 12 heteroatoms. The summed E-state index contributed by atoms with van der Waals surface area (Å²) in [5.41, 5.74) is 25.3. The van der Waals surface area contributed by atoms with E-state index in [2.05, 4.69) is 10.3 Å². The Labute approximate surface area is 312 Å². The fourth-order valence-corrected chi connectivity index (χ4v) is 7.12. The monoisotopic (exact) mass is 725 g/mol. The number of amides is 3. The number of fused-ring (bicyclic) bond motifs is 1. The molecular formula is C41H55N7O5. The summed E-state index contributed by atoms with van der Waals surface area (Å²) in [5.74, 6) is -3.28. The van der Waals surface area contributed by atoms with Gasteiger partial charge in [-0.3, -0.25) is 29.0 Å². The van der Waals surface area contributed by atoms with Crippen LogP contribution in [-0.2, 0) is 36.8 Å². The Hall–Kier alpha value is -5.10. The molecule has 1 fully saturated rings. The molecule has 0 aromatic heterocycles. The lowest BCUT2D eigenvalue weighted by molar-refractivity contribution is -0.138. The van der Waals surface area contributed by atoms with E-state index >= 15 is 0 Å². The van der Waals surface area contributed by atoms with Gasteiger partial charge in [0.25, 0.3) is 0 Å². The second-order valence-corrected chi connectivity index (χ2v) is 14.2. The molecule has 3 aromatic carbocycles. The van der Waals surface area contributed by atoms with Gasteiger partial charge in [0.05, 0.1) is 18.5 Å². The van der Waals surface area contributed by atoms with Crippen molar-refractivity contribution in [2.45, 2.75) is 89.6 Å². The molecule has 0 saturated carbocycles. The van der Waals surface area contributed by atoms with Gasteiger partial charge < -0.3 is 33.2 Å². The number of likely N-dealkylation sites (tertiary alicyclic amines) is 1. The molecule has 1 saturated heterocycles. The van der Waals surface area contributed by atoms with E-state index in [1.165, 1.54) is 0 Å². The average molecular weight is 726 g/mol. The number of nitrogens with two attached hydrogens (primary N) is 4. The van der Waals surface area contributed by atoms with Crippen LogP contribution in [0.15, 0.2) is 71.7 Å². The fourth-order valence-electron chi connectivity index (χ4n) is 7.12. The Morgan fingerprint density at radius 1 is 0.868 bits per heavy atom. The van der Waals surface area contributed by atoms with E-state index in [4.69, 9.17) is 22.9 Å². The number of aryl methyl sites for hydroxylation is 1. The van der Waals surface area contributed by atoms with Crippen LogP contribution in [0.4, 0.5) is 0 Å². The van der Waals surface area contributed by atoms with Gasteiger partial charge in [-0.2, -0.15) is 0 Å². The van der Waals surface area contributed by atoms with Crippen molar-refractivity contribution >= 4 is 46.0 Å². The Bertz CT molecular complexity index is 1750. The molecule has 1 heterocycles. The van der Waals surface area contributed by atoms with Gasteiger partial charge in [0, 0.05) is 37.8 Å². The number of Topliss-reactive ketones (excluding diaryl/α,β-unsaturated/α-hetero) is 2. The number of ketones is 2. The number of rotatable bonds is 21. The highest BCUT2D eigenvalue weighted by Gasteiger charge is 2.37. The van der Waals surface area contributed by atoms with Crippen molar-refractivity contribution in [3.05, 3.63) is 83.4 Å². The molecule has 9 N–H and O–H groups in total. The maximum absolute atomic E-state index is 14.0. The van der Waals surface area contributed by atoms with Crippen LogP contribution in [0.1, 0.15) is 74.5 Å². The molecule has 1 aliphatic rings. The molecule has 3 aromatic rings. The summed E-state index contributed by atoms with van der Waals surface area (Å²) in [5, 5.41) is 4.96. The van der Waals surface area contributed by atoms with Gasteiger partial charge in [-0.1, -0.05) is 78.7 Å². The number of hydrogen-bond donors (Lipinski definition) is 5. The van der Waals surface area contributed by atoms with Crippen molar-refractivity contribution in [3.63, 3.8) is 0 Å². The van der Waals surface area contributed by atoms with E-state index in [0.717, 1.165) is 27.5 Å². The predicted molar refractivity (Wildman–Crippen MR) is 207 cm³/mol. The molecule has 4 rings (SSSR count). The first-order valence-electron chi connectivity index (χ1n) is 18.7. The molecule has 0 spiro atoms. The summed E-state index contributed by atoms with van der Waals surface area (Å²) in [7, 11) is 0. The van der Waals surface area contributed by atoms with Crippen LogP contribution in [0.5, 0.6) is 0 Å². The highest BCUT2D eigenvalue weighted by molar-refractivity contribution is 5.96. The van der Waals surface area contributed by atoms with Crippen molar-refractivity contribution in [2.24, 2.45) is 39.8 Å². The van der Waals surface area contributed by atoms with Crippen LogP contribution < -0.4 is 28.3 Å². The summed E-state index contributed by atoms with van der Waals surface area (Å²) in [4.78, 5) is 73.5. The Balaban J connectivity index is 1.47. The first-order valence-corrected chi connectivity index (χ1v) is 18.7. The van der Waals surface area contributed by atoms with E-state index < -0.39 is 35.7 Å². The summed E-state index contributed by atoms with van der Waals surface area (Å²) in [6, 6.07) is 19.9. The normalized spacial score (nSPS) is 15.7. The van der Waals surface area contributed by atoms with Crippen LogP contribution in [-0.4, -0.2) is 71.9 Å². The van der Waals surface area contributed by atoms with E-state index in [1.54, 1.807) is 4.90 Å². The number of carbonyl (C=O) groups excluding carboxylic acids is 5. The second-order valence-electron chi connectivity index (χ2n) is 14.2. The molecule has 0 unspecified atom stereocenters. The van der Waals surface area contributed by atoms with Gasteiger partial charge >= 0.3 is 0 Å². The van der Waals surface area contributed by atoms with Gasteiger partial charge in [0.15, 0.2) is 17.5 Å². The second kappa shape index (κ2) is 20.2. The molecule has 0 radical (unpaired) electrons. The number of carbonyl (C=O) groups is 5. The number of primary amides is 1. The van der Waals surface area contributed by atoms with E-state index in [9.17, 15) is 24.0 Å². The first-order chi connectivity index (χ1) is 25.5. The number of unbranched alkanes of at least 4 members (excludes halogenated alkanes) is 1. The summed E-state index contributed by atoms with van der Waals surface area (Å²) < 4.78 is 0. The third-order valence-corrected chi connectivity index (χ3v) is 10.1. The minimum atomic E-state index is -0.950. The Morgan fingerprint density at radius 2 is 1.60 bits per heavy atom. The van der Waals surface area contributed by atoms with Gasteiger partial charge in [-0.25, -0.2) is 0 Å². The molecule has 284 valence electrons. The summed E-state index contributed by atoms with van der Waals surface area (Å²) in [6.45, 7) is 3.11. The van der Waals surface area contributed by atoms with Crippen LogP contribution in [0.2, 0.25) is 0 Å². The first kappa shape index (κ1) is 40.7. The van der Waals surface area contributed by atoms with Crippen molar-refractivity contribution in [1.29, 1.82) is 0 Å². The van der Waals surface area contributed by atoms with Gasteiger partial charge in [-0.15, -0.1) is 0 Å². The molecule has 3 amide bonds. The maximum Gasteiger partial charge on any atom is 0.227 e. The zero-order valence-electron chi connectivity index (χ0n) is 30.8. The van der Waals surface area contributed by atoms with Crippen molar-refractivity contribution < 1.29 is 24.0 Å². The molecule has 0 aliphatic carbocycles. The van der Waals surface area contributed by atoms with Gasteiger partial charge in [-0.05, 0) is 80.3 Å². The number of nitrogens with one attached hydrogen (secondary N) is 1. The van der Waals surface area contributed by atoms with Crippen molar-refractivity contribution in [1.82, 2.24) is 10.2 Å². The average Bonchev–Trinajstić information content (AvgIpc) is 3.64. The molecule has 53 heavy (non-hydrogen) atoms. The number of aliphatic imine (C=N–C) groups is 1. The maximum atomic E-state index is 14.0. The molecule has 1 aliphatic heterocycles. The SMILES string of the molecule is Cc1ccc(C[C@H](CC(=O)[C@H](CCCN=C(N)N)NC(=O)[C@H](CCCCN)CC(=O)[C@@H]2CCCN2C(=O)Cc2cccc3ccccc23)C(N)=O)cc1. The molecular weight excluding hydrogens is 670 g/mol. The van der Waals surface area contributed by atoms with Crippen molar-refractivity contribution in [2.75, 3.05) is 19.6 Å². The Morgan fingerprint density at radius 3 is 2.32 bits per heavy atom. The highest BCUT2D eigenvalue weighted by Crippen LogP contribution is 2.26. The predicted octanol–water partition coefficient (Wildman–Crippen LogP) is 3.23. The van der Waals surface area contributed by atoms with Crippen molar-refractivity contribution in [3.8, 4) is 0 Å². The standard InChI is InChI=1S/C41H55N7O5/c1-27-16-18-28(19-17-27)23-32(39(43)52)25-36(49)34(14-7-21-46-41(44)45)47-40(53)31(10-4-5-20-42)24-37(50)35-15-8-22-48(35)38(51)26-30-12-6-11-29-9-2-3-13-33(29)30/h2-3,6,9,11-13,16-19,31-32,34-35H,4-5,7-8,10,14-15,20-26,42H2,1H3,(H2,43,52)(H,47,53)(H4,44,45,46)/t31-,32-,34+,35+/m1/s1. The summed E-state index contributed by atoms with van der Waals surface area (Å²) >= 11 is 0. The smallest absolute Gasteiger partial charge is 0.227 e. The third kappa shape index (κ3) is 12.2. The summed E-state index contributed by atoms with van der Waals surface area (Å²) in [6.07, 6.45) is 3.70. The van der Waals surface area contributed by atoms with Crippen LogP contribution in [0.25, 0.3) is 10.8 Å². The molecule has 0 bridgehead atoms. The Kier molecular flexibility index (Phi) is 15.5. The lowest BCUT2D eigenvalue weighted by Crippen LogP contribution is -2.47. The number of nitrogens with zero attached hydrogens (tertiary/aromatic N) is 2. The van der Waals surface area contributed by atoms with Crippen LogP contribution in [0, 0.1) is 18.8 Å². The number of guanidine groups is 1. The topological polar surface area (TPSA) is 217 Å². The molecule has 12 nitrogen and oxygen atoms in total. The van der Waals surface area contributed by atoms with E-state index in [1.807, 2.05) is 73.7 Å². The zero-order valence-corrected chi connectivity index (χ0v) is 30.8. The minimum absolute atomic E-state index is 0.0780. The highest BCUT2D eigenvalue weighted by atomic mass is 16.2. The van der Waals surface area contributed by atoms with E-state index in [-0.39, 0.29) is 62.1 Å². The minimum Gasteiger partial charge on any atom is -0.370 e. The van der Waals surface area contributed by atoms with Gasteiger partial charge in [0.2, 0.25) is 17.7 Å². The number of benzene rings is 3. The fraction of sp³-hybridized carbons (Fsp3) is 0.463.